The molecule has 1 heterocycles. The van der Waals surface area contributed by atoms with E-state index in [9.17, 15) is 4.79 Å². The SMILES string of the molecule is CC(C)n1ccn(Cc2ccccc2C#CCO)c1=O. The largest absolute Gasteiger partial charge is 0.384 e. The van der Waals surface area contributed by atoms with Crippen LogP contribution in [0.25, 0.3) is 0 Å². The monoisotopic (exact) mass is 270 g/mol. The molecule has 1 aromatic heterocycles. The Morgan fingerprint density at radius 1 is 1.25 bits per heavy atom. The van der Waals surface area contributed by atoms with E-state index in [0.29, 0.717) is 6.54 Å². The van der Waals surface area contributed by atoms with Gasteiger partial charge in [-0.3, -0.25) is 9.13 Å². The van der Waals surface area contributed by atoms with Crippen LogP contribution in [-0.4, -0.2) is 20.8 Å². The Labute approximate surface area is 118 Å². The molecule has 0 aliphatic carbocycles. The molecular formula is C16H18N2O2. The lowest BCUT2D eigenvalue weighted by Gasteiger charge is -2.06. The summed E-state index contributed by atoms with van der Waals surface area (Å²) in [5, 5.41) is 8.78. The van der Waals surface area contributed by atoms with Crippen LogP contribution < -0.4 is 5.69 Å². The average molecular weight is 270 g/mol. The van der Waals surface area contributed by atoms with Crippen molar-refractivity contribution in [3.63, 3.8) is 0 Å². The van der Waals surface area contributed by atoms with Crippen LogP contribution in [-0.2, 0) is 6.54 Å². The van der Waals surface area contributed by atoms with Gasteiger partial charge in [0.25, 0.3) is 0 Å². The predicted molar refractivity (Wildman–Crippen MR) is 78.6 cm³/mol. The minimum Gasteiger partial charge on any atom is -0.384 e. The molecule has 104 valence electrons. The van der Waals surface area contributed by atoms with Crippen LogP contribution in [0.1, 0.15) is 31.0 Å². The fraction of sp³-hybridized carbons (Fsp3) is 0.312. The molecule has 0 aliphatic rings. The van der Waals surface area contributed by atoms with Crippen molar-refractivity contribution in [1.29, 1.82) is 0 Å². The summed E-state index contributed by atoms with van der Waals surface area (Å²) in [5.74, 6) is 5.55. The Balaban J connectivity index is 2.33. The van der Waals surface area contributed by atoms with Gasteiger partial charge in [-0.25, -0.2) is 4.79 Å². The quantitative estimate of drug-likeness (QED) is 0.862. The number of aromatic nitrogens is 2. The molecule has 4 heteroatoms. The summed E-state index contributed by atoms with van der Waals surface area (Å²) < 4.78 is 3.36. The fourth-order valence-electron chi connectivity index (χ4n) is 2.04. The zero-order valence-electron chi connectivity index (χ0n) is 11.7. The second kappa shape index (κ2) is 6.27. The first-order valence-electron chi connectivity index (χ1n) is 6.58. The molecule has 0 radical (unpaired) electrons. The third-order valence-electron chi connectivity index (χ3n) is 3.09. The highest BCUT2D eigenvalue weighted by Gasteiger charge is 2.07. The molecular weight excluding hydrogens is 252 g/mol. The Kier molecular flexibility index (Phi) is 4.44. The molecule has 0 saturated heterocycles. The van der Waals surface area contributed by atoms with Crippen molar-refractivity contribution in [3.05, 3.63) is 58.3 Å². The third-order valence-corrected chi connectivity index (χ3v) is 3.09. The normalized spacial score (nSPS) is 10.4. The topological polar surface area (TPSA) is 47.2 Å². The van der Waals surface area contributed by atoms with Gasteiger partial charge in [-0.1, -0.05) is 30.0 Å². The number of aliphatic hydroxyl groups excluding tert-OH is 1. The van der Waals surface area contributed by atoms with Gasteiger partial charge < -0.3 is 5.11 Å². The van der Waals surface area contributed by atoms with Crippen molar-refractivity contribution in [2.24, 2.45) is 0 Å². The van der Waals surface area contributed by atoms with E-state index in [2.05, 4.69) is 11.8 Å². The lowest BCUT2D eigenvalue weighted by atomic mass is 10.1. The third kappa shape index (κ3) is 3.01. The number of rotatable bonds is 3. The zero-order chi connectivity index (χ0) is 14.5. The molecule has 0 aliphatic heterocycles. The van der Waals surface area contributed by atoms with E-state index < -0.39 is 0 Å². The molecule has 0 unspecified atom stereocenters. The molecule has 2 aromatic rings. The van der Waals surface area contributed by atoms with E-state index in [-0.39, 0.29) is 18.3 Å². The van der Waals surface area contributed by atoms with Crippen molar-refractivity contribution in [2.45, 2.75) is 26.4 Å². The second-order valence-electron chi connectivity index (χ2n) is 4.83. The van der Waals surface area contributed by atoms with Crippen LogP contribution in [0.2, 0.25) is 0 Å². The molecule has 4 nitrogen and oxygen atoms in total. The van der Waals surface area contributed by atoms with Gasteiger partial charge in [0.05, 0.1) is 6.54 Å². The molecule has 0 saturated carbocycles. The second-order valence-corrected chi connectivity index (χ2v) is 4.83. The summed E-state index contributed by atoms with van der Waals surface area (Å²) in [6.07, 6.45) is 3.59. The molecule has 0 fully saturated rings. The van der Waals surface area contributed by atoms with Gasteiger partial charge in [0.15, 0.2) is 0 Å². The lowest BCUT2D eigenvalue weighted by molar-refractivity contribution is 0.350. The molecule has 1 N–H and O–H groups in total. The van der Waals surface area contributed by atoms with E-state index >= 15 is 0 Å². The molecule has 0 bridgehead atoms. The van der Waals surface area contributed by atoms with Gasteiger partial charge in [0, 0.05) is 24.0 Å². The first kappa shape index (κ1) is 14.2. The lowest BCUT2D eigenvalue weighted by Crippen LogP contribution is -2.25. The van der Waals surface area contributed by atoms with E-state index in [0.717, 1.165) is 11.1 Å². The number of imidazole rings is 1. The minimum absolute atomic E-state index is 0.0232. The van der Waals surface area contributed by atoms with Crippen molar-refractivity contribution in [3.8, 4) is 11.8 Å². The fourth-order valence-corrected chi connectivity index (χ4v) is 2.04. The van der Waals surface area contributed by atoms with E-state index in [1.807, 2.05) is 38.1 Å². The molecule has 2 rings (SSSR count). The van der Waals surface area contributed by atoms with Crippen molar-refractivity contribution in [2.75, 3.05) is 6.61 Å². The summed E-state index contributed by atoms with van der Waals surface area (Å²) in [6.45, 7) is 4.27. The summed E-state index contributed by atoms with van der Waals surface area (Å²) in [6, 6.07) is 7.80. The molecule has 1 aromatic carbocycles. The summed E-state index contributed by atoms with van der Waals surface area (Å²) in [5.41, 5.74) is 1.78. The number of aliphatic hydroxyl groups is 1. The smallest absolute Gasteiger partial charge is 0.328 e. The maximum Gasteiger partial charge on any atom is 0.328 e. The number of hydrogen-bond donors (Lipinski definition) is 1. The average Bonchev–Trinajstić information content (AvgIpc) is 2.79. The first-order valence-corrected chi connectivity index (χ1v) is 6.58. The van der Waals surface area contributed by atoms with Gasteiger partial charge in [-0.05, 0) is 25.5 Å². The number of hydrogen-bond acceptors (Lipinski definition) is 2. The van der Waals surface area contributed by atoms with E-state index in [4.69, 9.17) is 5.11 Å². The summed E-state index contributed by atoms with van der Waals surface area (Å²) in [7, 11) is 0. The maximum absolute atomic E-state index is 12.2. The minimum atomic E-state index is -0.169. The Morgan fingerprint density at radius 2 is 2.00 bits per heavy atom. The highest BCUT2D eigenvalue weighted by atomic mass is 16.2. The molecule has 0 spiro atoms. The Hall–Kier alpha value is -2.25. The standard InChI is InChI=1S/C16H18N2O2/c1-13(2)18-10-9-17(16(18)20)12-15-7-4-3-6-14(15)8-5-11-19/h3-4,6-7,9-10,13,19H,11-12H2,1-2H3. The van der Waals surface area contributed by atoms with Gasteiger partial charge >= 0.3 is 5.69 Å². The highest BCUT2D eigenvalue weighted by Crippen LogP contribution is 2.09. The van der Waals surface area contributed by atoms with Crippen LogP contribution in [0, 0.1) is 11.8 Å². The summed E-state index contributed by atoms with van der Waals surface area (Å²) in [4.78, 5) is 12.2. The van der Waals surface area contributed by atoms with Gasteiger partial charge in [0.1, 0.15) is 6.61 Å². The van der Waals surface area contributed by atoms with Crippen LogP contribution >= 0.6 is 0 Å². The molecule has 20 heavy (non-hydrogen) atoms. The Bertz CT molecular complexity index is 699. The maximum atomic E-state index is 12.2. The number of benzene rings is 1. The van der Waals surface area contributed by atoms with Crippen LogP contribution in [0.15, 0.2) is 41.5 Å². The van der Waals surface area contributed by atoms with Gasteiger partial charge in [0.2, 0.25) is 0 Å². The van der Waals surface area contributed by atoms with Gasteiger partial charge in [-0.2, -0.15) is 0 Å². The number of nitrogens with zero attached hydrogens (tertiary/aromatic N) is 2. The van der Waals surface area contributed by atoms with Crippen molar-refractivity contribution in [1.82, 2.24) is 9.13 Å². The van der Waals surface area contributed by atoms with Crippen LogP contribution in [0.5, 0.6) is 0 Å². The van der Waals surface area contributed by atoms with Crippen molar-refractivity contribution < 1.29 is 5.11 Å². The summed E-state index contributed by atoms with van der Waals surface area (Å²) >= 11 is 0. The van der Waals surface area contributed by atoms with Crippen molar-refractivity contribution >= 4 is 0 Å². The zero-order valence-corrected chi connectivity index (χ0v) is 11.7. The van der Waals surface area contributed by atoms with Gasteiger partial charge in [-0.15, -0.1) is 0 Å². The molecule has 0 amide bonds. The molecule has 0 atom stereocenters. The van der Waals surface area contributed by atoms with Crippen LogP contribution in [0.4, 0.5) is 0 Å². The highest BCUT2D eigenvalue weighted by molar-refractivity contribution is 5.41. The Morgan fingerprint density at radius 3 is 2.65 bits per heavy atom. The van der Waals surface area contributed by atoms with E-state index in [1.54, 1.807) is 21.5 Å². The first-order chi connectivity index (χ1) is 9.63. The predicted octanol–water partition coefficient (Wildman–Crippen LogP) is 1.62. The van der Waals surface area contributed by atoms with Crippen LogP contribution in [0.3, 0.4) is 0 Å². The van der Waals surface area contributed by atoms with E-state index in [1.165, 1.54) is 0 Å².